The van der Waals surface area contributed by atoms with E-state index in [2.05, 4.69) is 4.72 Å². The standard InChI is InChI=1S/C25H25F2NO5S/c1-3-19-7-10-21(15-22(19)25(29)32-2)34(30,31)28-13-12-17-4-8-20(9-5-17)33-16-18-6-11-23(26)24(27)14-18/h4-11,14-15,28H,3,12-13,16H2,1-2H3. The van der Waals surface area contributed by atoms with Crippen molar-refractivity contribution in [1.29, 1.82) is 0 Å². The summed E-state index contributed by atoms with van der Waals surface area (Å²) < 4.78 is 64.5. The molecule has 0 aliphatic carbocycles. The quantitative estimate of drug-likeness (QED) is 0.427. The van der Waals surface area contributed by atoms with E-state index in [9.17, 15) is 22.0 Å². The van der Waals surface area contributed by atoms with Gasteiger partial charge in [0.2, 0.25) is 10.0 Å². The Labute approximate surface area is 197 Å². The van der Waals surface area contributed by atoms with Gasteiger partial charge in [0, 0.05) is 6.54 Å². The summed E-state index contributed by atoms with van der Waals surface area (Å²) in [5, 5.41) is 0. The first-order valence-electron chi connectivity index (χ1n) is 10.6. The number of benzene rings is 3. The zero-order valence-corrected chi connectivity index (χ0v) is 19.6. The molecule has 0 unspecified atom stereocenters. The van der Waals surface area contributed by atoms with Gasteiger partial charge in [0.05, 0.1) is 17.6 Å². The third-order valence-corrected chi connectivity index (χ3v) is 6.66. The van der Waals surface area contributed by atoms with Crippen LogP contribution < -0.4 is 9.46 Å². The summed E-state index contributed by atoms with van der Waals surface area (Å²) in [7, 11) is -2.56. The third kappa shape index (κ3) is 6.39. The zero-order chi connectivity index (χ0) is 24.7. The van der Waals surface area contributed by atoms with Crippen molar-refractivity contribution in [3.8, 4) is 5.75 Å². The SMILES string of the molecule is CCc1ccc(S(=O)(=O)NCCc2ccc(OCc3ccc(F)c(F)c3)cc2)cc1C(=O)OC. The van der Waals surface area contributed by atoms with Crippen LogP contribution in [0, 0.1) is 11.6 Å². The molecule has 0 aromatic heterocycles. The lowest BCUT2D eigenvalue weighted by atomic mass is 10.1. The normalized spacial score (nSPS) is 11.3. The molecule has 0 saturated carbocycles. The van der Waals surface area contributed by atoms with Gasteiger partial charge in [-0.25, -0.2) is 26.7 Å². The highest BCUT2D eigenvalue weighted by molar-refractivity contribution is 7.89. The van der Waals surface area contributed by atoms with Gasteiger partial charge in [0.1, 0.15) is 12.4 Å². The van der Waals surface area contributed by atoms with Crippen LogP contribution in [0.2, 0.25) is 0 Å². The van der Waals surface area contributed by atoms with E-state index < -0.39 is 27.6 Å². The molecule has 3 aromatic carbocycles. The Hall–Kier alpha value is -3.30. The fraction of sp³-hybridized carbons (Fsp3) is 0.240. The number of nitrogens with one attached hydrogen (secondary N) is 1. The molecule has 3 aromatic rings. The van der Waals surface area contributed by atoms with E-state index in [0.29, 0.717) is 29.7 Å². The minimum Gasteiger partial charge on any atom is -0.489 e. The first-order chi connectivity index (χ1) is 16.2. The molecule has 1 N–H and O–H groups in total. The zero-order valence-electron chi connectivity index (χ0n) is 18.8. The minimum atomic E-state index is -3.81. The highest BCUT2D eigenvalue weighted by Gasteiger charge is 2.19. The number of aryl methyl sites for hydroxylation is 1. The third-order valence-electron chi connectivity index (χ3n) is 5.20. The molecule has 0 aliphatic heterocycles. The van der Waals surface area contributed by atoms with Crippen LogP contribution in [0.1, 0.15) is 34.0 Å². The number of rotatable bonds is 10. The van der Waals surface area contributed by atoms with Gasteiger partial charge < -0.3 is 9.47 Å². The van der Waals surface area contributed by atoms with E-state index in [-0.39, 0.29) is 23.6 Å². The molecular weight excluding hydrogens is 464 g/mol. The molecule has 180 valence electrons. The van der Waals surface area contributed by atoms with Crippen LogP contribution in [0.5, 0.6) is 5.75 Å². The van der Waals surface area contributed by atoms with E-state index in [0.717, 1.165) is 17.7 Å². The van der Waals surface area contributed by atoms with Gasteiger partial charge in [-0.3, -0.25) is 0 Å². The van der Waals surface area contributed by atoms with Gasteiger partial charge in [0.25, 0.3) is 0 Å². The average Bonchev–Trinajstić information content (AvgIpc) is 2.84. The van der Waals surface area contributed by atoms with Crippen molar-refractivity contribution >= 4 is 16.0 Å². The average molecular weight is 490 g/mol. The second-order valence-electron chi connectivity index (χ2n) is 7.49. The van der Waals surface area contributed by atoms with Crippen molar-refractivity contribution in [2.24, 2.45) is 0 Å². The summed E-state index contributed by atoms with van der Waals surface area (Å²) in [6.07, 6.45) is 0.998. The molecule has 3 rings (SSSR count). The van der Waals surface area contributed by atoms with E-state index >= 15 is 0 Å². The summed E-state index contributed by atoms with van der Waals surface area (Å²) in [6.45, 7) is 2.11. The van der Waals surface area contributed by atoms with Crippen molar-refractivity contribution in [3.05, 3.63) is 94.6 Å². The molecule has 0 aliphatic rings. The largest absolute Gasteiger partial charge is 0.489 e. The number of halogens is 2. The first kappa shape index (κ1) is 25.3. The van der Waals surface area contributed by atoms with E-state index in [1.165, 1.54) is 25.3 Å². The molecule has 0 fully saturated rings. The number of carbonyl (C=O) groups is 1. The van der Waals surface area contributed by atoms with Crippen LogP contribution >= 0.6 is 0 Å². The van der Waals surface area contributed by atoms with E-state index in [1.54, 1.807) is 30.3 Å². The summed E-state index contributed by atoms with van der Waals surface area (Å²) >= 11 is 0. The number of ether oxygens (including phenoxy) is 2. The molecule has 0 radical (unpaired) electrons. The van der Waals surface area contributed by atoms with Crippen LogP contribution in [0.25, 0.3) is 0 Å². The van der Waals surface area contributed by atoms with E-state index in [4.69, 9.17) is 9.47 Å². The second-order valence-corrected chi connectivity index (χ2v) is 9.26. The molecule has 0 amide bonds. The molecule has 9 heteroatoms. The number of hydrogen-bond donors (Lipinski definition) is 1. The van der Waals surface area contributed by atoms with Crippen molar-refractivity contribution in [2.45, 2.75) is 31.3 Å². The number of esters is 1. The van der Waals surface area contributed by atoms with Gasteiger partial charge in [-0.2, -0.15) is 0 Å². The molecule has 0 bridgehead atoms. The second kappa shape index (κ2) is 11.2. The fourth-order valence-electron chi connectivity index (χ4n) is 3.29. The van der Waals surface area contributed by atoms with Crippen molar-refractivity contribution in [1.82, 2.24) is 4.72 Å². The van der Waals surface area contributed by atoms with Gasteiger partial charge in [-0.05, 0) is 65.9 Å². The number of carbonyl (C=O) groups excluding carboxylic acids is 1. The molecule has 34 heavy (non-hydrogen) atoms. The summed E-state index contributed by atoms with van der Waals surface area (Å²) in [6, 6.07) is 15.0. The predicted molar refractivity (Wildman–Crippen MR) is 123 cm³/mol. The molecule has 0 atom stereocenters. The van der Waals surface area contributed by atoms with E-state index in [1.807, 2.05) is 6.92 Å². The lowest BCUT2D eigenvalue weighted by molar-refractivity contribution is 0.0599. The van der Waals surface area contributed by atoms with Crippen LogP contribution in [0.3, 0.4) is 0 Å². The highest BCUT2D eigenvalue weighted by atomic mass is 32.2. The predicted octanol–water partition coefficient (Wildman–Crippen LogP) is 4.41. The Kier molecular flexibility index (Phi) is 8.36. The van der Waals surface area contributed by atoms with Crippen molar-refractivity contribution < 1.29 is 31.5 Å². The Balaban J connectivity index is 1.56. The fourth-order valence-corrected chi connectivity index (χ4v) is 4.35. The van der Waals surface area contributed by atoms with Gasteiger partial charge >= 0.3 is 5.97 Å². The maximum absolute atomic E-state index is 13.3. The Morgan fingerprint density at radius 3 is 2.29 bits per heavy atom. The van der Waals surface area contributed by atoms with Gasteiger partial charge in [0.15, 0.2) is 11.6 Å². The monoisotopic (exact) mass is 489 g/mol. The molecule has 0 spiro atoms. The maximum Gasteiger partial charge on any atom is 0.338 e. The topological polar surface area (TPSA) is 81.7 Å². The molecule has 6 nitrogen and oxygen atoms in total. The molecule has 0 saturated heterocycles. The Morgan fingerprint density at radius 2 is 1.65 bits per heavy atom. The maximum atomic E-state index is 13.3. The molecular formula is C25H25F2NO5S. The lowest BCUT2D eigenvalue weighted by Crippen LogP contribution is -2.26. The summed E-state index contributed by atoms with van der Waals surface area (Å²) in [5.41, 5.74) is 2.31. The molecule has 0 heterocycles. The van der Waals surface area contributed by atoms with Crippen molar-refractivity contribution in [3.63, 3.8) is 0 Å². The van der Waals surface area contributed by atoms with Gasteiger partial charge in [-0.15, -0.1) is 0 Å². The smallest absolute Gasteiger partial charge is 0.338 e. The van der Waals surface area contributed by atoms with Crippen LogP contribution in [-0.2, 0) is 34.2 Å². The lowest BCUT2D eigenvalue weighted by Gasteiger charge is -2.11. The highest BCUT2D eigenvalue weighted by Crippen LogP contribution is 2.19. The van der Waals surface area contributed by atoms with Crippen LogP contribution in [-0.4, -0.2) is 28.0 Å². The van der Waals surface area contributed by atoms with Gasteiger partial charge in [-0.1, -0.05) is 31.2 Å². The Bertz CT molecular complexity index is 1260. The number of hydrogen-bond acceptors (Lipinski definition) is 5. The number of methoxy groups -OCH3 is 1. The summed E-state index contributed by atoms with van der Waals surface area (Å²) in [4.78, 5) is 12.0. The first-order valence-corrected chi connectivity index (χ1v) is 12.1. The summed E-state index contributed by atoms with van der Waals surface area (Å²) in [5.74, 6) is -1.88. The van der Waals surface area contributed by atoms with Crippen molar-refractivity contribution in [2.75, 3.05) is 13.7 Å². The minimum absolute atomic E-state index is 0.00826. The number of sulfonamides is 1. The Morgan fingerprint density at radius 1 is 0.941 bits per heavy atom. The van der Waals surface area contributed by atoms with Crippen LogP contribution in [0.15, 0.2) is 65.6 Å². The van der Waals surface area contributed by atoms with Crippen LogP contribution in [0.4, 0.5) is 8.78 Å².